The van der Waals surface area contributed by atoms with Gasteiger partial charge in [-0.1, -0.05) is 25.3 Å². The van der Waals surface area contributed by atoms with Crippen LogP contribution in [0.5, 0.6) is 0 Å². The molecule has 150 valence electrons. The van der Waals surface area contributed by atoms with E-state index in [2.05, 4.69) is 15.6 Å². The molecule has 0 spiro atoms. The molecule has 3 rings (SSSR count). The molecule has 1 heterocycles. The molecule has 1 aromatic carbocycles. The minimum absolute atomic E-state index is 0.211. The van der Waals surface area contributed by atoms with Crippen molar-refractivity contribution < 1.29 is 18.7 Å². The van der Waals surface area contributed by atoms with E-state index in [9.17, 15) is 9.59 Å². The van der Waals surface area contributed by atoms with Crippen LogP contribution in [0.2, 0.25) is 0 Å². The molecule has 1 fully saturated rings. The molecule has 28 heavy (non-hydrogen) atoms. The molecule has 7 heteroatoms. The molecule has 0 bridgehead atoms. The summed E-state index contributed by atoms with van der Waals surface area (Å²) in [4.78, 5) is 28.6. The number of carbonyl (C=O) groups is 2. The van der Waals surface area contributed by atoms with Crippen LogP contribution >= 0.6 is 0 Å². The number of hydrogen-bond acceptors (Lipinski definition) is 5. The second-order valence-electron chi connectivity index (χ2n) is 8.05. The average molecular weight is 385 g/mol. The van der Waals surface area contributed by atoms with E-state index >= 15 is 0 Å². The molecule has 2 N–H and O–H groups in total. The Hall–Kier alpha value is -2.83. The first-order chi connectivity index (χ1) is 13.3. The van der Waals surface area contributed by atoms with Crippen molar-refractivity contribution in [3.8, 4) is 11.5 Å². The molecule has 0 radical (unpaired) electrons. The molecule has 1 saturated carbocycles. The Bertz CT molecular complexity index is 832. The highest BCUT2D eigenvalue weighted by Crippen LogP contribution is 2.23. The lowest BCUT2D eigenvalue weighted by atomic mass is 9.95. The molecular weight excluding hydrogens is 358 g/mol. The van der Waals surface area contributed by atoms with Gasteiger partial charge in [-0.3, -0.25) is 10.1 Å². The van der Waals surface area contributed by atoms with Crippen LogP contribution < -0.4 is 10.6 Å². The van der Waals surface area contributed by atoms with Crippen LogP contribution in [-0.2, 0) is 4.74 Å². The van der Waals surface area contributed by atoms with E-state index < -0.39 is 11.7 Å². The largest absolute Gasteiger partial charge is 0.444 e. The summed E-state index contributed by atoms with van der Waals surface area (Å²) in [5.74, 6) is 0.103. The summed E-state index contributed by atoms with van der Waals surface area (Å²) in [7, 11) is 0. The number of oxazole rings is 1. The van der Waals surface area contributed by atoms with Crippen LogP contribution in [0.15, 0.2) is 34.9 Å². The van der Waals surface area contributed by atoms with Crippen molar-refractivity contribution in [2.75, 3.05) is 5.32 Å². The highest BCUT2D eigenvalue weighted by molar-refractivity contribution is 5.92. The van der Waals surface area contributed by atoms with Gasteiger partial charge in [-0.2, -0.15) is 0 Å². The van der Waals surface area contributed by atoms with Crippen LogP contribution in [0.1, 0.15) is 63.4 Å². The van der Waals surface area contributed by atoms with Gasteiger partial charge in [0.05, 0.1) is 0 Å². The van der Waals surface area contributed by atoms with Crippen molar-refractivity contribution in [1.29, 1.82) is 0 Å². The standard InChI is InChI=1S/C21H27N3O4/c1-21(2,3)28-20(26)23-16-11-7-8-14(12-16)19-24-17(13-27-19)18(25)22-15-9-5-4-6-10-15/h7-8,11-13,15H,4-6,9-10H2,1-3H3,(H,22,25)(H,23,26). The number of aromatic nitrogens is 1. The van der Waals surface area contributed by atoms with Gasteiger partial charge in [0.1, 0.15) is 11.9 Å². The number of nitrogens with zero attached hydrogens (tertiary/aromatic N) is 1. The molecule has 1 aliphatic carbocycles. The predicted octanol–water partition coefficient (Wildman–Crippen LogP) is 4.75. The normalized spacial score (nSPS) is 15.1. The lowest BCUT2D eigenvalue weighted by molar-refractivity contribution is 0.0635. The fraction of sp³-hybridized carbons (Fsp3) is 0.476. The lowest BCUT2D eigenvalue weighted by Gasteiger charge is -2.22. The minimum atomic E-state index is -0.579. The Morgan fingerprint density at radius 2 is 1.93 bits per heavy atom. The van der Waals surface area contributed by atoms with Gasteiger partial charge in [-0.05, 0) is 51.8 Å². The first kappa shape index (κ1) is 19.9. The molecule has 0 saturated heterocycles. The van der Waals surface area contributed by atoms with E-state index in [0.29, 0.717) is 17.1 Å². The van der Waals surface area contributed by atoms with Crippen LogP contribution in [0, 0.1) is 0 Å². The van der Waals surface area contributed by atoms with Crippen molar-refractivity contribution >= 4 is 17.7 Å². The Morgan fingerprint density at radius 1 is 1.18 bits per heavy atom. The summed E-state index contributed by atoms with van der Waals surface area (Å²) >= 11 is 0. The fourth-order valence-corrected chi connectivity index (χ4v) is 3.17. The van der Waals surface area contributed by atoms with Gasteiger partial charge in [0.25, 0.3) is 5.91 Å². The van der Waals surface area contributed by atoms with Crippen molar-refractivity contribution in [1.82, 2.24) is 10.3 Å². The molecular formula is C21H27N3O4. The zero-order chi connectivity index (χ0) is 20.1. The van der Waals surface area contributed by atoms with E-state index in [1.54, 1.807) is 45.0 Å². The van der Waals surface area contributed by atoms with Crippen LogP contribution in [0.4, 0.5) is 10.5 Å². The SMILES string of the molecule is CC(C)(C)OC(=O)Nc1cccc(-c2nc(C(=O)NC3CCCCC3)co2)c1. The number of amides is 2. The number of carbonyl (C=O) groups excluding carboxylic acids is 2. The maximum absolute atomic E-state index is 12.4. The summed E-state index contributed by atoms with van der Waals surface area (Å²) in [6.45, 7) is 5.40. The minimum Gasteiger partial charge on any atom is -0.444 e. The maximum Gasteiger partial charge on any atom is 0.412 e. The molecule has 7 nitrogen and oxygen atoms in total. The number of ether oxygens (including phenoxy) is 1. The van der Waals surface area contributed by atoms with Crippen molar-refractivity contribution in [2.24, 2.45) is 0 Å². The maximum atomic E-state index is 12.4. The molecule has 2 amide bonds. The smallest absolute Gasteiger partial charge is 0.412 e. The van der Waals surface area contributed by atoms with Crippen molar-refractivity contribution in [3.63, 3.8) is 0 Å². The van der Waals surface area contributed by atoms with Gasteiger partial charge >= 0.3 is 6.09 Å². The highest BCUT2D eigenvalue weighted by Gasteiger charge is 2.20. The third-order valence-corrected chi connectivity index (χ3v) is 4.43. The Balaban J connectivity index is 1.65. The topological polar surface area (TPSA) is 93.5 Å². The summed E-state index contributed by atoms with van der Waals surface area (Å²) < 4.78 is 10.7. The van der Waals surface area contributed by atoms with E-state index in [1.165, 1.54) is 12.7 Å². The molecule has 0 aliphatic heterocycles. The van der Waals surface area contributed by atoms with Gasteiger partial charge in [0, 0.05) is 17.3 Å². The lowest BCUT2D eigenvalue weighted by Crippen LogP contribution is -2.36. The monoisotopic (exact) mass is 385 g/mol. The summed E-state index contributed by atoms with van der Waals surface area (Å²) in [5.41, 5.74) is 0.889. The van der Waals surface area contributed by atoms with E-state index in [-0.39, 0.29) is 17.6 Å². The van der Waals surface area contributed by atoms with Gasteiger partial charge in [0.2, 0.25) is 5.89 Å². The first-order valence-electron chi connectivity index (χ1n) is 9.67. The summed E-state index contributed by atoms with van der Waals surface area (Å²) in [6.07, 6.45) is 6.36. The fourth-order valence-electron chi connectivity index (χ4n) is 3.17. The number of anilines is 1. The van der Waals surface area contributed by atoms with Crippen molar-refractivity contribution in [2.45, 2.75) is 64.5 Å². The van der Waals surface area contributed by atoms with E-state index in [0.717, 1.165) is 25.7 Å². The van der Waals surface area contributed by atoms with Gasteiger partial charge in [-0.25, -0.2) is 9.78 Å². The molecule has 0 atom stereocenters. The molecule has 1 aliphatic rings. The first-order valence-corrected chi connectivity index (χ1v) is 9.67. The Labute approximate surface area is 164 Å². The molecule has 1 aromatic heterocycles. The number of benzene rings is 1. The molecule has 2 aromatic rings. The predicted molar refractivity (Wildman–Crippen MR) is 106 cm³/mol. The summed E-state index contributed by atoms with van der Waals surface area (Å²) in [6, 6.07) is 7.25. The van der Waals surface area contributed by atoms with Crippen LogP contribution in [0.3, 0.4) is 0 Å². The van der Waals surface area contributed by atoms with E-state index in [1.807, 2.05) is 0 Å². The van der Waals surface area contributed by atoms with Crippen LogP contribution in [0.25, 0.3) is 11.5 Å². The zero-order valence-corrected chi connectivity index (χ0v) is 16.6. The average Bonchev–Trinajstić information content (AvgIpc) is 3.11. The zero-order valence-electron chi connectivity index (χ0n) is 16.6. The van der Waals surface area contributed by atoms with E-state index in [4.69, 9.17) is 9.15 Å². The number of hydrogen-bond donors (Lipinski definition) is 2. The summed E-state index contributed by atoms with van der Waals surface area (Å²) in [5, 5.41) is 5.71. The van der Waals surface area contributed by atoms with Gasteiger partial charge in [-0.15, -0.1) is 0 Å². The third kappa shape index (κ3) is 5.58. The second-order valence-corrected chi connectivity index (χ2v) is 8.05. The number of nitrogens with one attached hydrogen (secondary N) is 2. The van der Waals surface area contributed by atoms with Crippen LogP contribution in [-0.4, -0.2) is 28.6 Å². The second kappa shape index (κ2) is 8.46. The quantitative estimate of drug-likeness (QED) is 0.792. The van der Waals surface area contributed by atoms with Gasteiger partial charge in [0.15, 0.2) is 5.69 Å². The van der Waals surface area contributed by atoms with Crippen molar-refractivity contribution in [3.05, 3.63) is 36.2 Å². The third-order valence-electron chi connectivity index (χ3n) is 4.43. The Morgan fingerprint density at radius 3 is 2.64 bits per heavy atom. The Kier molecular flexibility index (Phi) is 6.02. The number of rotatable bonds is 4. The highest BCUT2D eigenvalue weighted by atomic mass is 16.6. The van der Waals surface area contributed by atoms with Gasteiger partial charge < -0.3 is 14.5 Å². The molecule has 0 unspecified atom stereocenters.